The standard InChI is InChI=1S/C13H15NOS/c1-16-9-11(15)8-10-6-7-14-13-5-3-2-4-12(10)13/h2-7,11,15H,8-9H2,1H3. The number of para-hydroxylation sites is 1. The second-order valence-corrected chi connectivity index (χ2v) is 4.71. The van der Waals surface area contributed by atoms with E-state index in [0.29, 0.717) is 6.42 Å². The van der Waals surface area contributed by atoms with E-state index in [9.17, 15) is 5.11 Å². The van der Waals surface area contributed by atoms with Crippen molar-refractivity contribution in [1.29, 1.82) is 0 Å². The first-order chi connectivity index (χ1) is 7.81. The molecule has 0 amide bonds. The van der Waals surface area contributed by atoms with Crippen molar-refractivity contribution in [3.8, 4) is 0 Å². The summed E-state index contributed by atoms with van der Waals surface area (Å²) in [6.45, 7) is 0. The molecule has 0 saturated heterocycles. The van der Waals surface area contributed by atoms with Crippen LogP contribution in [0.4, 0.5) is 0 Å². The molecule has 0 bridgehead atoms. The fourth-order valence-electron chi connectivity index (χ4n) is 1.84. The van der Waals surface area contributed by atoms with Crippen LogP contribution in [0.2, 0.25) is 0 Å². The Morgan fingerprint density at radius 2 is 2.12 bits per heavy atom. The third-order valence-corrected chi connectivity index (χ3v) is 3.27. The average Bonchev–Trinajstić information content (AvgIpc) is 2.30. The summed E-state index contributed by atoms with van der Waals surface area (Å²) in [7, 11) is 0. The van der Waals surface area contributed by atoms with Crippen LogP contribution in [0.25, 0.3) is 10.9 Å². The van der Waals surface area contributed by atoms with Gasteiger partial charge in [0.05, 0.1) is 11.6 Å². The molecule has 1 heterocycles. The summed E-state index contributed by atoms with van der Waals surface area (Å²) >= 11 is 1.67. The van der Waals surface area contributed by atoms with E-state index in [-0.39, 0.29) is 6.10 Å². The maximum Gasteiger partial charge on any atom is 0.0704 e. The topological polar surface area (TPSA) is 33.1 Å². The number of hydrogen-bond acceptors (Lipinski definition) is 3. The molecule has 0 radical (unpaired) electrons. The van der Waals surface area contributed by atoms with Crippen LogP contribution in [0, 0.1) is 0 Å². The molecule has 0 aliphatic heterocycles. The van der Waals surface area contributed by atoms with Gasteiger partial charge in [0, 0.05) is 17.3 Å². The van der Waals surface area contributed by atoms with E-state index in [0.717, 1.165) is 16.7 Å². The maximum atomic E-state index is 9.82. The molecule has 1 atom stereocenters. The van der Waals surface area contributed by atoms with Gasteiger partial charge in [0.25, 0.3) is 0 Å². The van der Waals surface area contributed by atoms with Gasteiger partial charge in [-0.25, -0.2) is 0 Å². The van der Waals surface area contributed by atoms with E-state index in [1.165, 1.54) is 5.56 Å². The third-order valence-electron chi connectivity index (χ3n) is 2.55. The number of fused-ring (bicyclic) bond motifs is 1. The van der Waals surface area contributed by atoms with Crippen LogP contribution in [0.5, 0.6) is 0 Å². The van der Waals surface area contributed by atoms with E-state index in [1.54, 1.807) is 11.8 Å². The van der Waals surface area contributed by atoms with E-state index >= 15 is 0 Å². The molecule has 16 heavy (non-hydrogen) atoms. The van der Waals surface area contributed by atoms with Crippen molar-refractivity contribution in [2.45, 2.75) is 12.5 Å². The quantitative estimate of drug-likeness (QED) is 0.880. The largest absolute Gasteiger partial charge is 0.392 e. The Balaban J connectivity index is 2.30. The number of aliphatic hydroxyl groups excluding tert-OH is 1. The number of thioether (sulfide) groups is 1. The summed E-state index contributed by atoms with van der Waals surface area (Å²) in [5.74, 6) is 0.774. The zero-order valence-corrected chi connectivity index (χ0v) is 10.1. The second kappa shape index (κ2) is 5.32. The normalized spacial score (nSPS) is 12.9. The van der Waals surface area contributed by atoms with Crippen molar-refractivity contribution in [3.63, 3.8) is 0 Å². The average molecular weight is 233 g/mol. The van der Waals surface area contributed by atoms with Crippen LogP contribution in [0.15, 0.2) is 36.5 Å². The highest BCUT2D eigenvalue weighted by Gasteiger charge is 2.07. The van der Waals surface area contributed by atoms with E-state index < -0.39 is 0 Å². The van der Waals surface area contributed by atoms with Crippen LogP contribution in [0.1, 0.15) is 5.56 Å². The highest BCUT2D eigenvalue weighted by molar-refractivity contribution is 7.98. The van der Waals surface area contributed by atoms with Crippen molar-refractivity contribution >= 4 is 22.7 Å². The molecule has 1 aromatic heterocycles. The molecule has 2 aromatic rings. The number of benzene rings is 1. The lowest BCUT2D eigenvalue weighted by atomic mass is 10.0. The summed E-state index contributed by atoms with van der Waals surface area (Å²) in [6.07, 6.45) is 4.24. The molecule has 1 aromatic carbocycles. The molecule has 2 rings (SSSR count). The van der Waals surface area contributed by atoms with Crippen molar-refractivity contribution < 1.29 is 5.11 Å². The summed E-state index contributed by atoms with van der Waals surface area (Å²) in [6, 6.07) is 10.0. The zero-order chi connectivity index (χ0) is 11.4. The molecule has 0 spiro atoms. The molecular formula is C13H15NOS. The molecule has 84 valence electrons. The molecule has 0 saturated carbocycles. The highest BCUT2D eigenvalue weighted by atomic mass is 32.2. The van der Waals surface area contributed by atoms with Gasteiger partial charge in [0.1, 0.15) is 0 Å². The van der Waals surface area contributed by atoms with Crippen molar-refractivity contribution in [2.75, 3.05) is 12.0 Å². The lowest BCUT2D eigenvalue weighted by Crippen LogP contribution is -2.13. The monoisotopic (exact) mass is 233 g/mol. The molecule has 1 N–H and O–H groups in total. The number of aromatic nitrogens is 1. The number of pyridine rings is 1. The third kappa shape index (κ3) is 2.54. The van der Waals surface area contributed by atoms with Crippen molar-refractivity contribution in [2.24, 2.45) is 0 Å². The Hall–Kier alpha value is -1.06. The number of rotatable bonds is 4. The van der Waals surface area contributed by atoms with Gasteiger partial charge < -0.3 is 5.11 Å². The van der Waals surface area contributed by atoms with Gasteiger partial charge in [-0.15, -0.1) is 0 Å². The van der Waals surface area contributed by atoms with Crippen molar-refractivity contribution in [3.05, 3.63) is 42.1 Å². The van der Waals surface area contributed by atoms with Gasteiger partial charge in [-0.2, -0.15) is 11.8 Å². The number of aliphatic hydroxyl groups is 1. The molecule has 3 heteroatoms. The van der Waals surface area contributed by atoms with Crippen LogP contribution >= 0.6 is 11.8 Å². The Kier molecular flexibility index (Phi) is 3.80. The fraction of sp³-hybridized carbons (Fsp3) is 0.308. The minimum Gasteiger partial charge on any atom is -0.392 e. The predicted octanol–water partition coefficient (Wildman–Crippen LogP) is 2.50. The minimum absolute atomic E-state index is 0.277. The van der Waals surface area contributed by atoms with Crippen molar-refractivity contribution in [1.82, 2.24) is 4.98 Å². The molecule has 0 aliphatic carbocycles. The lowest BCUT2D eigenvalue weighted by Gasteiger charge is -2.10. The molecule has 0 fully saturated rings. The number of hydrogen-bond donors (Lipinski definition) is 1. The first-order valence-electron chi connectivity index (χ1n) is 5.31. The predicted molar refractivity (Wildman–Crippen MR) is 69.8 cm³/mol. The summed E-state index contributed by atoms with van der Waals surface area (Å²) < 4.78 is 0. The Bertz CT molecular complexity index is 467. The van der Waals surface area contributed by atoms with Gasteiger partial charge in [-0.3, -0.25) is 4.98 Å². The van der Waals surface area contributed by atoms with E-state index in [2.05, 4.69) is 11.1 Å². The van der Waals surface area contributed by atoms with Crippen LogP contribution in [-0.2, 0) is 6.42 Å². The molecular weight excluding hydrogens is 218 g/mol. The summed E-state index contributed by atoms with van der Waals surface area (Å²) in [5.41, 5.74) is 2.17. The van der Waals surface area contributed by atoms with E-state index in [4.69, 9.17) is 0 Å². The second-order valence-electron chi connectivity index (χ2n) is 3.80. The summed E-state index contributed by atoms with van der Waals surface area (Å²) in [5, 5.41) is 11.0. The Labute approximate surface area is 99.7 Å². The minimum atomic E-state index is -0.277. The van der Waals surface area contributed by atoms with Gasteiger partial charge >= 0.3 is 0 Å². The first kappa shape index (κ1) is 11.4. The molecule has 1 unspecified atom stereocenters. The van der Waals surface area contributed by atoms with Gasteiger partial charge in [0.15, 0.2) is 0 Å². The highest BCUT2D eigenvalue weighted by Crippen LogP contribution is 2.18. The van der Waals surface area contributed by atoms with Gasteiger partial charge in [0.2, 0.25) is 0 Å². The molecule has 2 nitrogen and oxygen atoms in total. The Morgan fingerprint density at radius 3 is 2.94 bits per heavy atom. The number of nitrogens with zero attached hydrogens (tertiary/aromatic N) is 1. The molecule has 0 aliphatic rings. The van der Waals surface area contributed by atoms with Crippen LogP contribution in [-0.4, -0.2) is 28.2 Å². The fourth-order valence-corrected chi connectivity index (χ4v) is 2.34. The van der Waals surface area contributed by atoms with Gasteiger partial charge in [-0.1, -0.05) is 18.2 Å². The zero-order valence-electron chi connectivity index (χ0n) is 9.26. The smallest absolute Gasteiger partial charge is 0.0704 e. The van der Waals surface area contributed by atoms with Crippen LogP contribution < -0.4 is 0 Å². The van der Waals surface area contributed by atoms with E-state index in [1.807, 2.05) is 36.7 Å². The SMILES string of the molecule is CSCC(O)Cc1ccnc2ccccc12. The Morgan fingerprint density at radius 1 is 1.31 bits per heavy atom. The van der Waals surface area contributed by atoms with Crippen LogP contribution in [0.3, 0.4) is 0 Å². The lowest BCUT2D eigenvalue weighted by molar-refractivity contribution is 0.200. The van der Waals surface area contributed by atoms with Gasteiger partial charge in [-0.05, 0) is 30.4 Å². The maximum absolute atomic E-state index is 9.82. The summed E-state index contributed by atoms with van der Waals surface area (Å²) in [4.78, 5) is 4.31. The first-order valence-corrected chi connectivity index (χ1v) is 6.70.